The Morgan fingerprint density at radius 2 is 1.77 bits per heavy atom. The third-order valence-electron chi connectivity index (χ3n) is 2.96. The molecule has 0 aliphatic heterocycles. The molecule has 0 radical (unpaired) electrons. The van der Waals surface area contributed by atoms with Crippen LogP contribution in [0.1, 0.15) is 39.5 Å². The number of ether oxygens (including phenoxy) is 2. The van der Waals surface area contributed by atoms with E-state index in [9.17, 15) is 14.4 Å². The van der Waals surface area contributed by atoms with Gasteiger partial charge in [0, 0.05) is 19.4 Å². The van der Waals surface area contributed by atoms with Crippen molar-refractivity contribution >= 4 is 17.7 Å². The summed E-state index contributed by atoms with van der Waals surface area (Å²) in [6, 6.07) is 0. The van der Waals surface area contributed by atoms with Gasteiger partial charge in [-0.2, -0.15) is 0 Å². The van der Waals surface area contributed by atoms with Gasteiger partial charge in [0.1, 0.15) is 6.61 Å². The number of Topliss-reactive ketones (excluding diaryl/α,β-unsaturated/α-hetero) is 1. The molecule has 7 nitrogen and oxygen atoms in total. The van der Waals surface area contributed by atoms with E-state index >= 15 is 0 Å². The SMILES string of the molecule is CCCC(=O)COCCOCCNC(=O)CCC(C)C(=O)O. The predicted octanol–water partition coefficient (Wildman–Crippen LogP) is 1.01. The Morgan fingerprint density at radius 3 is 2.41 bits per heavy atom. The molecule has 0 saturated carbocycles. The first-order chi connectivity index (χ1) is 10.5. The molecule has 1 unspecified atom stereocenters. The second-order valence-electron chi connectivity index (χ2n) is 5.08. The number of carboxylic acids is 1. The van der Waals surface area contributed by atoms with Crippen LogP contribution in [0.2, 0.25) is 0 Å². The fourth-order valence-electron chi connectivity index (χ4n) is 1.58. The minimum absolute atomic E-state index is 0.0883. The van der Waals surface area contributed by atoms with Crippen LogP contribution in [0, 0.1) is 5.92 Å². The van der Waals surface area contributed by atoms with Gasteiger partial charge in [-0.05, 0) is 12.8 Å². The monoisotopic (exact) mass is 317 g/mol. The van der Waals surface area contributed by atoms with Crippen molar-refractivity contribution in [1.29, 1.82) is 0 Å². The third kappa shape index (κ3) is 12.3. The van der Waals surface area contributed by atoms with Crippen LogP contribution < -0.4 is 5.32 Å². The summed E-state index contributed by atoms with van der Waals surface area (Å²) in [4.78, 5) is 33.2. The minimum atomic E-state index is -0.895. The summed E-state index contributed by atoms with van der Waals surface area (Å²) < 4.78 is 10.4. The van der Waals surface area contributed by atoms with Crippen molar-refractivity contribution in [2.75, 3.05) is 33.0 Å². The van der Waals surface area contributed by atoms with Gasteiger partial charge in [-0.1, -0.05) is 13.8 Å². The van der Waals surface area contributed by atoms with Crippen molar-refractivity contribution in [3.63, 3.8) is 0 Å². The van der Waals surface area contributed by atoms with Crippen LogP contribution in [-0.4, -0.2) is 55.7 Å². The molecule has 0 aromatic rings. The summed E-state index contributed by atoms with van der Waals surface area (Å²) in [5.74, 6) is -1.51. The summed E-state index contributed by atoms with van der Waals surface area (Å²) >= 11 is 0. The van der Waals surface area contributed by atoms with E-state index in [1.165, 1.54) is 0 Å². The highest BCUT2D eigenvalue weighted by molar-refractivity contribution is 5.79. The Kier molecular flexibility index (Phi) is 12.3. The molecule has 128 valence electrons. The van der Waals surface area contributed by atoms with E-state index in [1.807, 2.05) is 6.92 Å². The lowest BCUT2D eigenvalue weighted by atomic mass is 10.1. The maximum absolute atomic E-state index is 11.4. The predicted molar refractivity (Wildman–Crippen MR) is 80.6 cm³/mol. The third-order valence-corrected chi connectivity index (χ3v) is 2.96. The van der Waals surface area contributed by atoms with Crippen LogP contribution in [0.15, 0.2) is 0 Å². The number of carbonyl (C=O) groups is 3. The average Bonchev–Trinajstić information content (AvgIpc) is 2.47. The first-order valence-corrected chi connectivity index (χ1v) is 7.64. The van der Waals surface area contributed by atoms with Gasteiger partial charge >= 0.3 is 5.97 Å². The molecular formula is C15H27NO6. The molecule has 0 aliphatic rings. The fraction of sp³-hybridized carbons (Fsp3) is 0.800. The standard InChI is InChI=1S/C15H27NO6/c1-3-4-13(17)11-22-10-9-21-8-7-16-14(18)6-5-12(2)15(19)20/h12H,3-11H2,1-2H3,(H,16,18)(H,19,20). The maximum Gasteiger partial charge on any atom is 0.306 e. The molecule has 0 saturated heterocycles. The quantitative estimate of drug-likeness (QED) is 0.464. The van der Waals surface area contributed by atoms with E-state index in [0.29, 0.717) is 39.2 Å². The van der Waals surface area contributed by atoms with Crippen LogP contribution in [0.3, 0.4) is 0 Å². The van der Waals surface area contributed by atoms with E-state index in [4.69, 9.17) is 14.6 Å². The number of rotatable bonds is 14. The lowest BCUT2D eigenvalue weighted by Gasteiger charge is -2.08. The second-order valence-corrected chi connectivity index (χ2v) is 5.08. The van der Waals surface area contributed by atoms with Crippen LogP contribution in [-0.2, 0) is 23.9 Å². The van der Waals surface area contributed by atoms with Crippen molar-refractivity contribution in [1.82, 2.24) is 5.32 Å². The lowest BCUT2D eigenvalue weighted by Crippen LogP contribution is -2.28. The van der Waals surface area contributed by atoms with Gasteiger partial charge < -0.3 is 19.9 Å². The molecule has 0 aliphatic carbocycles. The van der Waals surface area contributed by atoms with E-state index in [-0.39, 0.29) is 24.7 Å². The highest BCUT2D eigenvalue weighted by Crippen LogP contribution is 2.04. The van der Waals surface area contributed by atoms with Crippen molar-refractivity contribution in [2.24, 2.45) is 5.92 Å². The lowest BCUT2D eigenvalue weighted by molar-refractivity contribution is -0.141. The molecular weight excluding hydrogens is 290 g/mol. The maximum atomic E-state index is 11.4. The number of hydrogen-bond acceptors (Lipinski definition) is 5. The van der Waals surface area contributed by atoms with E-state index < -0.39 is 11.9 Å². The van der Waals surface area contributed by atoms with Crippen LogP contribution in [0.4, 0.5) is 0 Å². The Balaban J connectivity index is 3.37. The summed E-state index contributed by atoms with van der Waals surface area (Å²) in [6.45, 7) is 5.07. The largest absolute Gasteiger partial charge is 0.481 e. The number of nitrogens with one attached hydrogen (secondary N) is 1. The van der Waals surface area contributed by atoms with Crippen molar-refractivity contribution in [3.05, 3.63) is 0 Å². The number of ketones is 1. The molecule has 0 aromatic heterocycles. The van der Waals surface area contributed by atoms with Crippen molar-refractivity contribution in [2.45, 2.75) is 39.5 Å². The van der Waals surface area contributed by atoms with Gasteiger partial charge in [0.05, 0.1) is 25.7 Å². The van der Waals surface area contributed by atoms with Gasteiger partial charge in [-0.3, -0.25) is 14.4 Å². The highest BCUT2D eigenvalue weighted by Gasteiger charge is 2.12. The Hall–Kier alpha value is -1.47. The zero-order valence-corrected chi connectivity index (χ0v) is 13.4. The molecule has 0 bridgehead atoms. The molecule has 0 heterocycles. The first kappa shape index (κ1) is 20.5. The van der Waals surface area contributed by atoms with Crippen molar-refractivity contribution in [3.8, 4) is 0 Å². The Bertz CT molecular complexity index is 345. The number of carbonyl (C=O) groups excluding carboxylic acids is 2. The smallest absolute Gasteiger partial charge is 0.306 e. The molecule has 22 heavy (non-hydrogen) atoms. The van der Waals surface area contributed by atoms with Gasteiger partial charge in [0.25, 0.3) is 0 Å². The Labute approximate surface area is 131 Å². The first-order valence-electron chi connectivity index (χ1n) is 7.64. The molecule has 7 heteroatoms. The topological polar surface area (TPSA) is 102 Å². The second kappa shape index (κ2) is 13.2. The molecule has 2 N–H and O–H groups in total. The molecule has 0 aromatic carbocycles. The van der Waals surface area contributed by atoms with Gasteiger partial charge in [0.2, 0.25) is 5.91 Å². The molecule has 1 atom stereocenters. The molecule has 0 spiro atoms. The van der Waals surface area contributed by atoms with Crippen molar-refractivity contribution < 1.29 is 29.0 Å². The summed E-state index contributed by atoms with van der Waals surface area (Å²) in [5.41, 5.74) is 0. The molecule has 0 rings (SSSR count). The van der Waals surface area contributed by atoms with Gasteiger partial charge in [-0.25, -0.2) is 0 Å². The average molecular weight is 317 g/mol. The minimum Gasteiger partial charge on any atom is -0.481 e. The van der Waals surface area contributed by atoms with E-state index in [0.717, 1.165) is 6.42 Å². The molecule has 0 fully saturated rings. The molecule has 1 amide bonds. The zero-order chi connectivity index (χ0) is 16.8. The van der Waals surface area contributed by atoms with Gasteiger partial charge in [-0.15, -0.1) is 0 Å². The summed E-state index contributed by atoms with van der Waals surface area (Å²) in [5, 5.41) is 11.3. The number of carboxylic acid groups (broad SMARTS) is 1. The van der Waals surface area contributed by atoms with Crippen LogP contribution in [0.25, 0.3) is 0 Å². The number of aliphatic carboxylic acids is 1. The highest BCUT2D eigenvalue weighted by atomic mass is 16.5. The fourth-order valence-corrected chi connectivity index (χ4v) is 1.58. The number of hydrogen-bond donors (Lipinski definition) is 2. The normalized spacial score (nSPS) is 11.9. The Morgan fingerprint density at radius 1 is 1.09 bits per heavy atom. The van der Waals surface area contributed by atoms with Crippen LogP contribution in [0.5, 0.6) is 0 Å². The summed E-state index contributed by atoms with van der Waals surface area (Å²) in [6.07, 6.45) is 1.87. The van der Waals surface area contributed by atoms with E-state index in [1.54, 1.807) is 6.92 Å². The van der Waals surface area contributed by atoms with Crippen LogP contribution >= 0.6 is 0 Å². The van der Waals surface area contributed by atoms with Gasteiger partial charge in [0.15, 0.2) is 5.78 Å². The zero-order valence-electron chi connectivity index (χ0n) is 13.4. The summed E-state index contributed by atoms with van der Waals surface area (Å²) in [7, 11) is 0. The van der Waals surface area contributed by atoms with E-state index in [2.05, 4.69) is 5.32 Å². The number of amides is 1.